The van der Waals surface area contributed by atoms with Crippen LogP contribution in [0.15, 0.2) is 53.4 Å². The fraction of sp³-hybridized carbons (Fsp3) is 0.333. The molecular weight excluding hydrogens is 302 g/mol. The second kappa shape index (κ2) is 8.18. The Kier molecular flexibility index (Phi) is 6.25. The number of alkyl halides is 2. The van der Waals surface area contributed by atoms with Crippen LogP contribution in [0.25, 0.3) is 0 Å². The van der Waals surface area contributed by atoms with Crippen molar-refractivity contribution in [1.29, 1.82) is 0 Å². The second-order valence-corrected chi connectivity index (χ2v) is 6.35. The highest BCUT2D eigenvalue weighted by Crippen LogP contribution is 2.34. The first-order valence-electron chi connectivity index (χ1n) is 7.28. The smallest absolute Gasteiger partial charge is 0.272 e. The fourth-order valence-electron chi connectivity index (χ4n) is 2.00. The molecule has 2 aromatic carbocycles. The van der Waals surface area contributed by atoms with Crippen LogP contribution < -0.4 is 4.74 Å². The van der Waals surface area contributed by atoms with Crippen LogP contribution in [-0.4, -0.2) is 13.0 Å². The van der Waals surface area contributed by atoms with Gasteiger partial charge in [-0.25, -0.2) is 8.78 Å². The van der Waals surface area contributed by atoms with Gasteiger partial charge in [-0.1, -0.05) is 50.2 Å². The third kappa shape index (κ3) is 5.02. The van der Waals surface area contributed by atoms with Crippen LogP contribution in [0.4, 0.5) is 8.78 Å². The van der Waals surface area contributed by atoms with Gasteiger partial charge in [0.05, 0.1) is 0 Å². The monoisotopic (exact) mass is 322 g/mol. The highest BCUT2D eigenvalue weighted by molar-refractivity contribution is 7.98. The fourth-order valence-corrected chi connectivity index (χ4v) is 3.01. The summed E-state index contributed by atoms with van der Waals surface area (Å²) in [7, 11) is 0. The summed E-state index contributed by atoms with van der Waals surface area (Å²) in [6, 6.07) is 15.9. The van der Waals surface area contributed by atoms with Gasteiger partial charge in [-0.3, -0.25) is 0 Å². The molecule has 0 unspecified atom stereocenters. The largest absolute Gasteiger partial charge is 0.486 e. The molecular formula is C18H20F2OS. The Morgan fingerprint density at radius 3 is 2.41 bits per heavy atom. The number of thioether (sulfide) groups is 1. The summed E-state index contributed by atoms with van der Waals surface area (Å²) in [6.07, 6.45) is -2.46. The van der Waals surface area contributed by atoms with Crippen molar-refractivity contribution < 1.29 is 13.5 Å². The van der Waals surface area contributed by atoms with Crippen molar-refractivity contribution in [3.8, 4) is 5.75 Å². The van der Waals surface area contributed by atoms with Crippen molar-refractivity contribution in [3.05, 3.63) is 59.7 Å². The van der Waals surface area contributed by atoms with Gasteiger partial charge in [0.15, 0.2) is 0 Å². The lowest BCUT2D eigenvalue weighted by molar-refractivity contribution is 0.0805. The highest BCUT2D eigenvalue weighted by Gasteiger charge is 2.11. The molecule has 22 heavy (non-hydrogen) atoms. The minimum absolute atomic E-state index is 0.389. The highest BCUT2D eigenvalue weighted by atomic mass is 32.2. The Hall–Kier alpha value is -1.55. The SMILES string of the molecule is CC(C)c1ccc(OCC(F)F)c(SCc2ccccc2)c1. The molecule has 2 aromatic rings. The molecule has 0 amide bonds. The normalized spacial score (nSPS) is 11.2. The van der Waals surface area contributed by atoms with E-state index in [1.54, 1.807) is 17.8 Å². The summed E-state index contributed by atoms with van der Waals surface area (Å²) in [4.78, 5) is 0.913. The van der Waals surface area contributed by atoms with Crippen molar-refractivity contribution in [2.75, 3.05) is 6.61 Å². The van der Waals surface area contributed by atoms with Gasteiger partial charge in [0.1, 0.15) is 12.4 Å². The van der Waals surface area contributed by atoms with Crippen LogP contribution in [0.1, 0.15) is 30.9 Å². The first-order chi connectivity index (χ1) is 10.6. The van der Waals surface area contributed by atoms with E-state index in [0.717, 1.165) is 10.6 Å². The van der Waals surface area contributed by atoms with Crippen LogP contribution in [0.3, 0.4) is 0 Å². The molecule has 1 nitrogen and oxygen atoms in total. The van der Waals surface area contributed by atoms with Gasteiger partial charge in [0, 0.05) is 10.6 Å². The molecule has 0 aliphatic carbocycles. The third-order valence-corrected chi connectivity index (χ3v) is 4.34. The van der Waals surface area contributed by atoms with E-state index < -0.39 is 13.0 Å². The van der Waals surface area contributed by atoms with E-state index in [1.807, 2.05) is 30.3 Å². The maximum atomic E-state index is 12.4. The van der Waals surface area contributed by atoms with Gasteiger partial charge in [0.2, 0.25) is 0 Å². The predicted molar refractivity (Wildman–Crippen MR) is 88.0 cm³/mol. The summed E-state index contributed by atoms with van der Waals surface area (Å²) in [5, 5.41) is 0. The lowest BCUT2D eigenvalue weighted by Crippen LogP contribution is -2.07. The van der Waals surface area contributed by atoms with Crippen molar-refractivity contribution in [2.24, 2.45) is 0 Å². The maximum Gasteiger partial charge on any atom is 0.272 e. The van der Waals surface area contributed by atoms with E-state index >= 15 is 0 Å². The number of ether oxygens (including phenoxy) is 1. The average Bonchev–Trinajstić information content (AvgIpc) is 2.52. The lowest BCUT2D eigenvalue weighted by Gasteiger charge is -2.14. The molecule has 0 atom stereocenters. The Balaban J connectivity index is 2.15. The second-order valence-electron chi connectivity index (χ2n) is 5.34. The molecule has 0 saturated carbocycles. The van der Waals surface area contributed by atoms with Gasteiger partial charge in [-0.15, -0.1) is 11.8 Å². The van der Waals surface area contributed by atoms with E-state index in [1.165, 1.54) is 11.1 Å². The quantitative estimate of drug-likeness (QED) is 0.601. The molecule has 0 aliphatic heterocycles. The van der Waals surface area contributed by atoms with Crippen LogP contribution in [0.5, 0.6) is 5.75 Å². The van der Waals surface area contributed by atoms with Crippen LogP contribution >= 0.6 is 11.8 Å². The van der Waals surface area contributed by atoms with Gasteiger partial charge in [-0.2, -0.15) is 0 Å². The summed E-state index contributed by atoms with van der Waals surface area (Å²) in [5.74, 6) is 1.71. The van der Waals surface area contributed by atoms with E-state index in [2.05, 4.69) is 26.0 Å². The van der Waals surface area contributed by atoms with E-state index in [0.29, 0.717) is 11.7 Å². The predicted octanol–water partition coefficient (Wildman–Crippen LogP) is 5.75. The van der Waals surface area contributed by atoms with E-state index in [4.69, 9.17) is 4.74 Å². The number of hydrogen-bond acceptors (Lipinski definition) is 2. The Morgan fingerprint density at radius 1 is 1.05 bits per heavy atom. The molecule has 0 saturated heterocycles. The summed E-state index contributed by atoms with van der Waals surface area (Å²) in [5.41, 5.74) is 2.38. The topological polar surface area (TPSA) is 9.23 Å². The van der Waals surface area contributed by atoms with Crippen LogP contribution in [-0.2, 0) is 5.75 Å². The minimum atomic E-state index is -2.46. The van der Waals surface area contributed by atoms with Crippen LogP contribution in [0.2, 0.25) is 0 Å². The first kappa shape index (κ1) is 16.8. The van der Waals surface area contributed by atoms with Gasteiger partial charge < -0.3 is 4.74 Å². The Morgan fingerprint density at radius 2 is 1.77 bits per heavy atom. The van der Waals surface area contributed by atoms with Gasteiger partial charge in [0.25, 0.3) is 6.43 Å². The summed E-state index contributed by atoms with van der Waals surface area (Å²) < 4.78 is 30.0. The van der Waals surface area contributed by atoms with Gasteiger partial charge in [-0.05, 0) is 29.2 Å². The Labute approximate surface area is 134 Å². The molecule has 0 fully saturated rings. The summed E-state index contributed by atoms with van der Waals surface area (Å²) in [6.45, 7) is 3.65. The molecule has 0 aromatic heterocycles. The standard InChI is InChI=1S/C18H20F2OS/c1-13(2)15-8-9-16(21-11-18(19)20)17(10-15)22-12-14-6-4-3-5-7-14/h3-10,13,18H,11-12H2,1-2H3. The average molecular weight is 322 g/mol. The molecule has 0 aliphatic rings. The first-order valence-corrected chi connectivity index (χ1v) is 8.26. The molecule has 118 valence electrons. The number of benzene rings is 2. The Bertz CT molecular complexity index is 585. The lowest BCUT2D eigenvalue weighted by atomic mass is 10.0. The van der Waals surface area contributed by atoms with Crippen molar-refractivity contribution >= 4 is 11.8 Å². The number of rotatable bonds is 7. The molecule has 0 bridgehead atoms. The molecule has 0 spiro atoms. The zero-order valence-corrected chi connectivity index (χ0v) is 13.6. The van der Waals surface area contributed by atoms with Gasteiger partial charge >= 0.3 is 0 Å². The third-order valence-electron chi connectivity index (χ3n) is 3.24. The van der Waals surface area contributed by atoms with E-state index in [9.17, 15) is 8.78 Å². The van der Waals surface area contributed by atoms with Crippen molar-refractivity contribution in [3.63, 3.8) is 0 Å². The zero-order chi connectivity index (χ0) is 15.9. The molecule has 0 heterocycles. The summed E-state index contributed by atoms with van der Waals surface area (Å²) >= 11 is 1.61. The maximum absolute atomic E-state index is 12.4. The van der Waals surface area contributed by atoms with Crippen molar-refractivity contribution in [2.45, 2.75) is 36.8 Å². The van der Waals surface area contributed by atoms with E-state index in [-0.39, 0.29) is 0 Å². The molecule has 0 radical (unpaired) electrons. The number of hydrogen-bond donors (Lipinski definition) is 0. The number of halogens is 2. The zero-order valence-electron chi connectivity index (χ0n) is 12.8. The van der Waals surface area contributed by atoms with Crippen molar-refractivity contribution in [1.82, 2.24) is 0 Å². The molecule has 0 N–H and O–H groups in total. The molecule has 4 heteroatoms. The minimum Gasteiger partial charge on any atom is -0.486 e. The molecule has 2 rings (SSSR count). The van der Waals surface area contributed by atoms with Crippen LogP contribution in [0, 0.1) is 0 Å².